The van der Waals surface area contributed by atoms with E-state index in [-0.39, 0.29) is 0 Å². The molecule has 1 aromatic rings. The Balaban J connectivity index is -0.000000193. The van der Waals surface area contributed by atoms with E-state index in [0.29, 0.717) is 9.81 Å². The smallest absolute Gasteiger partial charge is 0.0322 e. The van der Waals surface area contributed by atoms with Crippen LogP contribution in [0.1, 0.15) is 92.2 Å². The summed E-state index contributed by atoms with van der Waals surface area (Å²) in [5.41, 5.74) is 3.22. The fourth-order valence-electron chi connectivity index (χ4n) is 1.92. The molecule has 0 nitrogen and oxygen atoms in total. The Hall–Kier alpha value is 1.24. The van der Waals surface area contributed by atoms with Crippen LogP contribution in [0.4, 0.5) is 0 Å². The number of hydrogen-bond donors (Lipinski definition) is 8. The molecule has 0 spiro atoms. The summed E-state index contributed by atoms with van der Waals surface area (Å²) in [4.78, 5) is 6.36. The molecule has 0 aromatic heterocycles. The summed E-state index contributed by atoms with van der Waals surface area (Å²) in [6, 6.07) is 0. The zero-order valence-corrected chi connectivity index (χ0v) is 29.8. The lowest BCUT2D eigenvalue weighted by molar-refractivity contribution is 0.702. The third-order valence-corrected chi connectivity index (χ3v) is 8.80. The maximum Gasteiger partial charge on any atom is 0.0322 e. The summed E-state index contributed by atoms with van der Waals surface area (Å²) in [5.74, 6) is 0. The molecule has 8 heteroatoms. The van der Waals surface area contributed by atoms with Crippen molar-refractivity contribution in [2.24, 2.45) is 0 Å². The lowest BCUT2D eigenvalue weighted by Crippen LogP contribution is -1.90. The molecule has 0 aliphatic rings. The maximum atomic E-state index is 4.34. The number of hydrogen-bond acceptors (Lipinski definition) is 8. The zero-order chi connectivity index (χ0) is 28.2. The van der Waals surface area contributed by atoms with E-state index in [1.54, 1.807) is 0 Å². The molecule has 0 bridgehead atoms. The van der Waals surface area contributed by atoms with Gasteiger partial charge in [0, 0.05) is 34.3 Å². The first kappa shape index (κ1) is 42.3. The molecule has 0 fully saturated rings. The third-order valence-electron chi connectivity index (χ3n) is 4.30. The van der Waals surface area contributed by atoms with Crippen LogP contribution in [-0.4, -0.2) is 0 Å². The molecule has 0 radical (unpaired) electrons. The predicted molar refractivity (Wildman–Crippen MR) is 188 cm³/mol. The van der Waals surface area contributed by atoms with Crippen molar-refractivity contribution in [1.29, 1.82) is 0 Å². The topological polar surface area (TPSA) is 0 Å². The van der Waals surface area contributed by atoms with Crippen molar-refractivity contribution < 1.29 is 0 Å². The Morgan fingerprint density at radius 2 is 0.912 bits per heavy atom. The van der Waals surface area contributed by atoms with Crippen molar-refractivity contribution in [1.82, 2.24) is 0 Å². The number of rotatable bonds is 5. The molecule has 1 aromatic carbocycles. The molecule has 34 heavy (non-hydrogen) atoms. The van der Waals surface area contributed by atoms with Gasteiger partial charge in [-0.3, -0.25) is 0 Å². The van der Waals surface area contributed by atoms with Gasteiger partial charge in [-0.05, 0) is 49.3 Å². The molecule has 0 aliphatic carbocycles. The summed E-state index contributed by atoms with van der Waals surface area (Å²) in [6.45, 7) is 24.0. The van der Waals surface area contributed by atoms with Crippen molar-refractivity contribution in [2.45, 2.75) is 115 Å². The summed E-state index contributed by atoms with van der Waals surface area (Å²) in [6.07, 6.45) is 5.54. The Kier molecular flexibility index (Phi) is 32.2. The number of benzene rings is 1. The van der Waals surface area contributed by atoms with Crippen molar-refractivity contribution in [3.63, 3.8) is 0 Å². The van der Waals surface area contributed by atoms with Crippen LogP contribution in [-0.2, 0) is 0 Å². The van der Waals surface area contributed by atoms with E-state index in [4.69, 9.17) is 0 Å². The standard InChI is InChI=1S/C8H10S4.C8H12S4.C6H14.2C2H6/c1-3-4(2)6(10)8(12)7(11)5(3)9;1-4(5(2)9)7(11)8(12)6(3)10;1-3-5-6-4-2;2*1-2/h9-12H,1-2H3;9-12H,3H2,1-2H3;3-6H2,1-2H3;2*1-2H3/b;5-4+,8-7-;;;. The quantitative estimate of drug-likeness (QED) is 0.0901. The fourth-order valence-corrected chi connectivity index (χ4v) is 4.09. The van der Waals surface area contributed by atoms with Crippen LogP contribution >= 0.6 is 101 Å². The zero-order valence-electron chi connectivity index (χ0n) is 22.6. The molecule has 0 aliphatic heterocycles. The van der Waals surface area contributed by atoms with Crippen LogP contribution in [0.3, 0.4) is 0 Å². The Labute approximate surface area is 256 Å². The van der Waals surface area contributed by atoms with E-state index in [2.05, 4.69) is 121 Å². The Bertz CT molecular complexity index is 664. The molecule has 0 atom stereocenters. The van der Waals surface area contributed by atoms with Crippen LogP contribution in [0.15, 0.2) is 51.4 Å². The minimum Gasteiger partial charge on any atom is -0.148 e. The van der Waals surface area contributed by atoms with Crippen molar-refractivity contribution in [3.05, 3.63) is 42.9 Å². The second-order valence-electron chi connectivity index (χ2n) is 6.71. The number of thiol groups is 8. The second kappa shape index (κ2) is 25.9. The molecule has 1 rings (SSSR count). The summed E-state index contributed by atoms with van der Waals surface area (Å²) >= 11 is 34.0. The second-order valence-corrected chi connectivity index (χ2v) is 10.6. The molecule has 0 heterocycles. The highest BCUT2D eigenvalue weighted by molar-refractivity contribution is 7.92. The molecule has 0 amide bonds. The third kappa shape index (κ3) is 17.7. The molecule has 0 saturated carbocycles. The minimum absolute atomic E-state index is 0.609. The molecule has 0 unspecified atom stereocenters. The Morgan fingerprint density at radius 1 is 0.618 bits per heavy atom. The fraction of sp³-hybridized carbons (Fsp3) is 0.538. The van der Waals surface area contributed by atoms with Gasteiger partial charge in [0.2, 0.25) is 0 Å². The average molecular weight is 617 g/mol. The number of allylic oxidation sites excluding steroid dienone is 2. The van der Waals surface area contributed by atoms with Gasteiger partial charge in [-0.15, -0.1) is 101 Å². The van der Waals surface area contributed by atoms with Crippen molar-refractivity contribution >= 4 is 101 Å². The number of unbranched alkanes of at least 4 members (excludes halogenated alkanes) is 3. The van der Waals surface area contributed by atoms with Gasteiger partial charge in [0.1, 0.15) is 0 Å². The molecule has 0 saturated heterocycles. The average Bonchev–Trinajstić information content (AvgIpc) is 2.85. The van der Waals surface area contributed by atoms with Crippen LogP contribution < -0.4 is 0 Å². The van der Waals surface area contributed by atoms with Gasteiger partial charge in [-0.1, -0.05) is 73.8 Å². The monoisotopic (exact) mass is 616 g/mol. The minimum atomic E-state index is 0.609. The van der Waals surface area contributed by atoms with E-state index in [9.17, 15) is 0 Å². The normalized spacial score (nSPS) is 11.0. The van der Waals surface area contributed by atoms with Gasteiger partial charge in [0.15, 0.2) is 0 Å². The van der Waals surface area contributed by atoms with Gasteiger partial charge < -0.3 is 0 Å². The summed E-state index contributed by atoms with van der Waals surface area (Å²) in [5, 5.41) is 0. The molecular formula is C26H48S8. The SMILES string of the molecule is C=C(S)/C(S)=C(S)\C(C)=C(/C)S.CC.CC.CCCCCC.Cc1c(C)c(S)c(S)c(S)c1S. The first-order valence-electron chi connectivity index (χ1n) is 11.6. The van der Waals surface area contributed by atoms with Gasteiger partial charge in [0.25, 0.3) is 0 Å². The van der Waals surface area contributed by atoms with E-state index in [1.807, 2.05) is 55.4 Å². The van der Waals surface area contributed by atoms with E-state index < -0.39 is 0 Å². The Morgan fingerprint density at radius 3 is 1.12 bits per heavy atom. The van der Waals surface area contributed by atoms with Crippen LogP contribution in [0, 0.1) is 13.8 Å². The highest BCUT2D eigenvalue weighted by Crippen LogP contribution is 2.36. The van der Waals surface area contributed by atoms with Gasteiger partial charge in [-0.25, -0.2) is 0 Å². The van der Waals surface area contributed by atoms with Crippen molar-refractivity contribution in [3.8, 4) is 0 Å². The summed E-state index contributed by atoms with van der Waals surface area (Å²) < 4.78 is 0. The highest BCUT2D eigenvalue weighted by atomic mass is 32.1. The first-order valence-corrected chi connectivity index (χ1v) is 15.1. The van der Waals surface area contributed by atoms with Gasteiger partial charge in [0.05, 0.1) is 0 Å². The van der Waals surface area contributed by atoms with Crippen LogP contribution in [0.25, 0.3) is 0 Å². The van der Waals surface area contributed by atoms with Crippen LogP contribution in [0.5, 0.6) is 0 Å². The van der Waals surface area contributed by atoms with Gasteiger partial charge in [-0.2, -0.15) is 0 Å². The maximum absolute atomic E-state index is 4.34. The van der Waals surface area contributed by atoms with Crippen molar-refractivity contribution in [2.75, 3.05) is 0 Å². The van der Waals surface area contributed by atoms with Gasteiger partial charge >= 0.3 is 0 Å². The lowest BCUT2D eigenvalue weighted by Gasteiger charge is -2.12. The van der Waals surface area contributed by atoms with E-state index >= 15 is 0 Å². The van der Waals surface area contributed by atoms with E-state index in [0.717, 1.165) is 46.1 Å². The highest BCUT2D eigenvalue weighted by Gasteiger charge is 2.10. The largest absolute Gasteiger partial charge is 0.148 e. The predicted octanol–water partition coefficient (Wildman–Crippen LogP) is 11.8. The van der Waals surface area contributed by atoms with Crippen LogP contribution in [0.2, 0.25) is 0 Å². The molecule has 200 valence electrons. The summed E-state index contributed by atoms with van der Waals surface area (Å²) in [7, 11) is 0. The molecular weight excluding hydrogens is 569 g/mol. The first-order chi connectivity index (χ1) is 15.8. The molecule has 0 N–H and O–H groups in total. The lowest BCUT2D eigenvalue weighted by atomic mass is 10.1. The van der Waals surface area contributed by atoms with E-state index in [1.165, 1.54) is 25.7 Å².